The SMILES string of the molecule is COc1cc2c(c(OC)c1)C(CN)CN(C)C2. The first-order valence-corrected chi connectivity index (χ1v) is 5.83. The quantitative estimate of drug-likeness (QED) is 0.856. The van der Waals surface area contributed by atoms with E-state index in [4.69, 9.17) is 15.2 Å². The molecule has 1 unspecified atom stereocenters. The molecule has 1 atom stereocenters. The number of fused-ring (bicyclic) bond motifs is 1. The van der Waals surface area contributed by atoms with E-state index in [9.17, 15) is 0 Å². The fourth-order valence-corrected chi connectivity index (χ4v) is 2.55. The van der Waals surface area contributed by atoms with Crippen molar-refractivity contribution in [2.45, 2.75) is 12.5 Å². The average Bonchev–Trinajstić information content (AvgIpc) is 2.35. The Bertz CT molecular complexity index is 407. The zero-order valence-electron chi connectivity index (χ0n) is 10.7. The Morgan fingerprint density at radius 3 is 2.71 bits per heavy atom. The second-order valence-corrected chi connectivity index (χ2v) is 4.53. The molecule has 0 saturated heterocycles. The summed E-state index contributed by atoms with van der Waals surface area (Å²) in [5.74, 6) is 2.07. The number of benzene rings is 1. The third-order valence-electron chi connectivity index (χ3n) is 3.32. The van der Waals surface area contributed by atoms with Crippen LogP contribution >= 0.6 is 0 Å². The second kappa shape index (κ2) is 4.94. The van der Waals surface area contributed by atoms with Gasteiger partial charge >= 0.3 is 0 Å². The highest BCUT2D eigenvalue weighted by atomic mass is 16.5. The van der Waals surface area contributed by atoms with Crippen molar-refractivity contribution in [2.75, 3.05) is 34.4 Å². The van der Waals surface area contributed by atoms with E-state index >= 15 is 0 Å². The van der Waals surface area contributed by atoms with Crippen LogP contribution in [0, 0.1) is 0 Å². The van der Waals surface area contributed by atoms with E-state index in [1.54, 1.807) is 14.2 Å². The first-order valence-electron chi connectivity index (χ1n) is 5.83. The summed E-state index contributed by atoms with van der Waals surface area (Å²) in [6, 6.07) is 4.02. The summed E-state index contributed by atoms with van der Waals surface area (Å²) in [7, 11) is 5.48. The fraction of sp³-hybridized carbons (Fsp3) is 0.538. The first-order chi connectivity index (χ1) is 8.19. The van der Waals surface area contributed by atoms with Gasteiger partial charge in [0.1, 0.15) is 11.5 Å². The Labute approximate surface area is 102 Å². The van der Waals surface area contributed by atoms with Gasteiger partial charge in [-0.05, 0) is 18.7 Å². The molecule has 2 rings (SSSR count). The van der Waals surface area contributed by atoms with Crippen molar-refractivity contribution in [3.8, 4) is 11.5 Å². The average molecular weight is 236 g/mol. The number of hydrogen-bond acceptors (Lipinski definition) is 4. The lowest BCUT2D eigenvalue weighted by Crippen LogP contribution is -2.34. The summed E-state index contributed by atoms with van der Waals surface area (Å²) in [5, 5.41) is 0. The summed E-state index contributed by atoms with van der Waals surface area (Å²) < 4.78 is 10.8. The molecule has 4 nitrogen and oxygen atoms in total. The summed E-state index contributed by atoms with van der Waals surface area (Å²) in [5.41, 5.74) is 8.36. The third-order valence-corrected chi connectivity index (χ3v) is 3.32. The maximum atomic E-state index is 5.86. The van der Waals surface area contributed by atoms with Gasteiger partial charge in [0.05, 0.1) is 14.2 Å². The van der Waals surface area contributed by atoms with Crippen LogP contribution in [0.2, 0.25) is 0 Å². The van der Waals surface area contributed by atoms with Crippen molar-refractivity contribution in [1.82, 2.24) is 4.90 Å². The van der Waals surface area contributed by atoms with E-state index in [-0.39, 0.29) is 0 Å². The van der Waals surface area contributed by atoms with Gasteiger partial charge in [0.25, 0.3) is 0 Å². The van der Waals surface area contributed by atoms with Crippen molar-refractivity contribution in [1.29, 1.82) is 0 Å². The highest BCUT2D eigenvalue weighted by Gasteiger charge is 2.26. The van der Waals surface area contributed by atoms with Gasteiger partial charge in [0.2, 0.25) is 0 Å². The van der Waals surface area contributed by atoms with Crippen molar-refractivity contribution < 1.29 is 9.47 Å². The minimum absolute atomic E-state index is 0.338. The van der Waals surface area contributed by atoms with Crippen LogP contribution in [-0.2, 0) is 6.54 Å². The van der Waals surface area contributed by atoms with Crippen LogP contribution in [-0.4, -0.2) is 39.3 Å². The molecule has 0 saturated carbocycles. The van der Waals surface area contributed by atoms with Crippen LogP contribution in [0.25, 0.3) is 0 Å². The first kappa shape index (κ1) is 12.2. The van der Waals surface area contributed by atoms with Gasteiger partial charge in [-0.1, -0.05) is 0 Å². The van der Waals surface area contributed by atoms with Crippen LogP contribution in [0.5, 0.6) is 11.5 Å². The Kier molecular flexibility index (Phi) is 3.54. The second-order valence-electron chi connectivity index (χ2n) is 4.53. The van der Waals surface area contributed by atoms with E-state index in [2.05, 4.69) is 18.0 Å². The molecule has 2 N–H and O–H groups in total. The standard InChI is InChI=1S/C13H20N2O2/c1-15-7-9-4-11(16-2)5-12(17-3)13(9)10(6-14)8-15/h4-5,10H,6-8,14H2,1-3H3. The van der Waals surface area contributed by atoms with Crippen molar-refractivity contribution in [3.05, 3.63) is 23.3 Å². The topological polar surface area (TPSA) is 47.7 Å². The van der Waals surface area contributed by atoms with Gasteiger partial charge in [-0.15, -0.1) is 0 Å². The Morgan fingerprint density at radius 2 is 2.12 bits per heavy atom. The van der Waals surface area contributed by atoms with Crippen molar-refractivity contribution in [2.24, 2.45) is 5.73 Å². The highest BCUT2D eigenvalue weighted by molar-refractivity contribution is 5.50. The summed E-state index contributed by atoms with van der Waals surface area (Å²) in [6.07, 6.45) is 0. The van der Waals surface area contributed by atoms with Crippen LogP contribution < -0.4 is 15.2 Å². The summed E-state index contributed by atoms with van der Waals surface area (Å²) in [6.45, 7) is 2.53. The van der Waals surface area contributed by atoms with Crippen LogP contribution in [0.1, 0.15) is 17.0 Å². The zero-order valence-corrected chi connectivity index (χ0v) is 10.7. The van der Waals surface area contributed by atoms with E-state index in [0.717, 1.165) is 24.6 Å². The molecular formula is C13H20N2O2. The number of hydrogen-bond donors (Lipinski definition) is 1. The van der Waals surface area contributed by atoms with Gasteiger partial charge in [0, 0.05) is 37.2 Å². The number of nitrogens with two attached hydrogens (primary N) is 1. The van der Waals surface area contributed by atoms with Gasteiger partial charge < -0.3 is 20.1 Å². The molecule has 1 aromatic carbocycles. The lowest BCUT2D eigenvalue weighted by molar-refractivity contribution is 0.275. The number of likely N-dealkylation sites (N-methyl/N-ethyl adjacent to an activating group) is 1. The fourth-order valence-electron chi connectivity index (χ4n) is 2.55. The Morgan fingerprint density at radius 1 is 1.35 bits per heavy atom. The van der Waals surface area contributed by atoms with Crippen molar-refractivity contribution in [3.63, 3.8) is 0 Å². The van der Waals surface area contributed by atoms with Crippen LogP contribution in [0.4, 0.5) is 0 Å². The molecule has 0 bridgehead atoms. The van der Waals surface area contributed by atoms with E-state index in [0.29, 0.717) is 12.5 Å². The minimum atomic E-state index is 0.338. The van der Waals surface area contributed by atoms with Crippen LogP contribution in [0.15, 0.2) is 12.1 Å². The molecule has 0 spiro atoms. The molecule has 0 aliphatic carbocycles. The molecule has 17 heavy (non-hydrogen) atoms. The monoisotopic (exact) mass is 236 g/mol. The van der Waals surface area contributed by atoms with E-state index in [1.165, 1.54) is 11.1 Å². The molecular weight excluding hydrogens is 216 g/mol. The Hall–Kier alpha value is -1.26. The van der Waals surface area contributed by atoms with E-state index in [1.807, 2.05) is 6.07 Å². The molecule has 1 heterocycles. The van der Waals surface area contributed by atoms with Gasteiger partial charge in [-0.3, -0.25) is 0 Å². The highest BCUT2D eigenvalue weighted by Crippen LogP contribution is 2.37. The number of nitrogens with zero attached hydrogens (tertiary/aromatic N) is 1. The van der Waals surface area contributed by atoms with Gasteiger partial charge in [0.15, 0.2) is 0 Å². The molecule has 0 fully saturated rings. The largest absolute Gasteiger partial charge is 0.497 e. The van der Waals surface area contributed by atoms with E-state index < -0.39 is 0 Å². The molecule has 0 radical (unpaired) electrons. The smallest absolute Gasteiger partial charge is 0.126 e. The predicted molar refractivity (Wildman–Crippen MR) is 67.7 cm³/mol. The molecule has 1 aromatic rings. The van der Waals surface area contributed by atoms with Crippen LogP contribution in [0.3, 0.4) is 0 Å². The minimum Gasteiger partial charge on any atom is -0.497 e. The number of methoxy groups -OCH3 is 2. The molecule has 1 aliphatic rings. The summed E-state index contributed by atoms with van der Waals surface area (Å²) >= 11 is 0. The van der Waals surface area contributed by atoms with Gasteiger partial charge in [-0.2, -0.15) is 0 Å². The third kappa shape index (κ3) is 2.23. The number of ether oxygens (including phenoxy) is 2. The molecule has 4 heteroatoms. The molecule has 0 aromatic heterocycles. The molecule has 94 valence electrons. The normalized spacial score (nSPS) is 19.9. The Balaban J connectivity index is 2.51. The van der Waals surface area contributed by atoms with Gasteiger partial charge in [-0.25, -0.2) is 0 Å². The lowest BCUT2D eigenvalue weighted by Gasteiger charge is -2.33. The maximum absolute atomic E-state index is 5.86. The van der Waals surface area contributed by atoms with Crippen molar-refractivity contribution >= 4 is 0 Å². The molecule has 0 amide bonds. The maximum Gasteiger partial charge on any atom is 0.126 e. The lowest BCUT2D eigenvalue weighted by atomic mass is 9.89. The molecule has 1 aliphatic heterocycles. The zero-order chi connectivity index (χ0) is 12.4. The summed E-state index contributed by atoms with van der Waals surface area (Å²) in [4.78, 5) is 2.28. The predicted octanol–water partition coefficient (Wildman–Crippen LogP) is 1.19. The number of rotatable bonds is 3.